The molecule has 2 aromatic rings. The minimum Gasteiger partial charge on any atom is -0.497 e. The van der Waals surface area contributed by atoms with Gasteiger partial charge in [-0.2, -0.15) is 0 Å². The summed E-state index contributed by atoms with van der Waals surface area (Å²) in [6, 6.07) is 12.1. The molecule has 2 aromatic carbocycles. The molecule has 7 heteroatoms. The van der Waals surface area contributed by atoms with E-state index >= 15 is 0 Å². The fraction of sp³-hybridized carbons (Fsp3) is 0.261. The first-order valence-electron chi connectivity index (χ1n) is 9.68. The Morgan fingerprint density at radius 3 is 2.53 bits per heavy atom. The van der Waals surface area contributed by atoms with Gasteiger partial charge in [-0.1, -0.05) is 13.0 Å². The van der Waals surface area contributed by atoms with Crippen LogP contribution in [0.2, 0.25) is 0 Å². The monoisotopic (exact) mass is 409 g/mol. The predicted octanol–water partition coefficient (Wildman–Crippen LogP) is 4.14. The second-order valence-electron chi connectivity index (χ2n) is 6.43. The van der Waals surface area contributed by atoms with Crippen LogP contribution < -0.4 is 14.2 Å². The van der Waals surface area contributed by atoms with Crippen LogP contribution in [0.25, 0.3) is 6.08 Å². The molecule has 0 saturated carbocycles. The molecule has 0 unspecified atom stereocenters. The average molecular weight is 409 g/mol. The first-order chi connectivity index (χ1) is 14.5. The minimum absolute atomic E-state index is 0.166. The maximum absolute atomic E-state index is 12.3. The van der Waals surface area contributed by atoms with Gasteiger partial charge in [-0.25, -0.2) is 9.79 Å². The second kappa shape index (κ2) is 9.73. The van der Waals surface area contributed by atoms with Crippen LogP contribution in [0.5, 0.6) is 17.2 Å². The van der Waals surface area contributed by atoms with Crippen molar-refractivity contribution in [3.8, 4) is 17.2 Å². The zero-order valence-electron chi connectivity index (χ0n) is 17.1. The van der Waals surface area contributed by atoms with Crippen LogP contribution in [0, 0.1) is 0 Å². The lowest BCUT2D eigenvalue weighted by Crippen LogP contribution is -2.08. The lowest BCUT2D eigenvalue weighted by atomic mass is 10.1. The Hall–Kier alpha value is -3.61. The van der Waals surface area contributed by atoms with Crippen molar-refractivity contribution >= 4 is 23.9 Å². The molecule has 30 heavy (non-hydrogen) atoms. The molecule has 0 aromatic heterocycles. The van der Waals surface area contributed by atoms with Gasteiger partial charge in [0.1, 0.15) is 5.75 Å². The van der Waals surface area contributed by atoms with Crippen molar-refractivity contribution in [1.29, 1.82) is 0 Å². The van der Waals surface area contributed by atoms with E-state index in [1.54, 1.807) is 55.7 Å². The smallest absolute Gasteiger partial charge is 0.363 e. The van der Waals surface area contributed by atoms with Gasteiger partial charge in [-0.15, -0.1) is 0 Å². The van der Waals surface area contributed by atoms with Gasteiger partial charge in [0.2, 0.25) is 5.90 Å². The summed E-state index contributed by atoms with van der Waals surface area (Å²) >= 11 is 0. The van der Waals surface area contributed by atoms with Crippen molar-refractivity contribution in [2.24, 2.45) is 4.99 Å². The van der Waals surface area contributed by atoms with Gasteiger partial charge in [-0.3, -0.25) is 4.79 Å². The maximum Gasteiger partial charge on any atom is 0.363 e. The zero-order valence-corrected chi connectivity index (χ0v) is 17.1. The molecule has 0 atom stereocenters. The number of benzene rings is 2. The van der Waals surface area contributed by atoms with Crippen LogP contribution in [0.15, 0.2) is 53.2 Å². The Bertz CT molecular complexity index is 991. The van der Waals surface area contributed by atoms with E-state index in [-0.39, 0.29) is 17.6 Å². The lowest BCUT2D eigenvalue weighted by molar-refractivity contribution is -0.134. The third-order valence-electron chi connectivity index (χ3n) is 4.21. The predicted molar refractivity (Wildman–Crippen MR) is 112 cm³/mol. The molecular formula is C23H23NO6. The quantitative estimate of drug-likeness (QED) is 0.370. The van der Waals surface area contributed by atoms with Crippen molar-refractivity contribution in [3.05, 3.63) is 59.3 Å². The molecule has 156 valence electrons. The minimum atomic E-state index is -0.544. The number of carbonyl (C=O) groups is 2. The van der Waals surface area contributed by atoms with E-state index in [1.807, 2.05) is 13.8 Å². The Balaban J connectivity index is 1.85. The van der Waals surface area contributed by atoms with E-state index in [0.29, 0.717) is 47.8 Å². The number of carbonyl (C=O) groups excluding carboxylic acids is 2. The highest BCUT2D eigenvalue weighted by Gasteiger charge is 2.24. The highest BCUT2D eigenvalue weighted by atomic mass is 16.6. The normalized spacial score (nSPS) is 14.3. The molecule has 0 spiro atoms. The summed E-state index contributed by atoms with van der Waals surface area (Å²) < 4.78 is 21.4. The Morgan fingerprint density at radius 2 is 1.87 bits per heavy atom. The number of ether oxygens (including phenoxy) is 4. The van der Waals surface area contributed by atoms with Gasteiger partial charge in [-0.05, 0) is 61.4 Å². The van der Waals surface area contributed by atoms with Crippen LogP contribution in [-0.4, -0.2) is 31.6 Å². The molecule has 0 saturated heterocycles. The lowest BCUT2D eigenvalue weighted by Gasteiger charge is -2.11. The van der Waals surface area contributed by atoms with Crippen molar-refractivity contribution in [2.45, 2.75) is 26.7 Å². The van der Waals surface area contributed by atoms with Crippen LogP contribution in [0.3, 0.4) is 0 Å². The van der Waals surface area contributed by atoms with Crippen molar-refractivity contribution < 1.29 is 28.5 Å². The third kappa shape index (κ3) is 5.05. The Labute approximate surface area is 174 Å². The van der Waals surface area contributed by atoms with Gasteiger partial charge in [0.25, 0.3) is 0 Å². The number of aliphatic imine (C=N–C) groups is 1. The topological polar surface area (TPSA) is 83.4 Å². The number of hydrogen-bond donors (Lipinski definition) is 0. The number of nitrogens with zero attached hydrogens (tertiary/aromatic N) is 1. The Kier molecular flexibility index (Phi) is 6.85. The van der Waals surface area contributed by atoms with Gasteiger partial charge in [0, 0.05) is 12.0 Å². The number of methoxy groups -OCH3 is 1. The zero-order chi connectivity index (χ0) is 21.5. The van der Waals surface area contributed by atoms with Gasteiger partial charge >= 0.3 is 11.9 Å². The molecule has 0 aliphatic carbocycles. The van der Waals surface area contributed by atoms with E-state index in [2.05, 4.69) is 4.99 Å². The van der Waals surface area contributed by atoms with Crippen LogP contribution >= 0.6 is 0 Å². The molecular weight excluding hydrogens is 386 g/mol. The molecule has 0 radical (unpaired) electrons. The standard InChI is InChI=1S/C23H23NO6/c1-4-6-21(25)29-19-12-7-15(14-20(19)28-5-2)13-18-23(26)30-22(24-18)16-8-10-17(27-3)11-9-16/h7-14H,4-6H2,1-3H3. The summed E-state index contributed by atoms with van der Waals surface area (Å²) in [5, 5.41) is 0. The molecule has 1 heterocycles. The molecule has 7 nitrogen and oxygen atoms in total. The van der Waals surface area contributed by atoms with Crippen molar-refractivity contribution in [3.63, 3.8) is 0 Å². The van der Waals surface area contributed by atoms with Crippen LogP contribution in [0.4, 0.5) is 0 Å². The molecule has 0 N–H and O–H groups in total. The largest absolute Gasteiger partial charge is 0.497 e. The Morgan fingerprint density at radius 1 is 1.10 bits per heavy atom. The molecule has 0 bridgehead atoms. The van der Waals surface area contributed by atoms with E-state index in [1.165, 1.54) is 0 Å². The summed E-state index contributed by atoms with van der Waals surface area (Å²) in [5.74, 6) is 0.817. The van der Waals surface area contributed by atoms with E-state index in [4.69, 9.17) is 18.9 Å². The molecule has 1 aliphatic heterocycles. The highest BCUT2D eigenvalue weighted by molar-refractivity contribution is 6.12. The summed E-state index contributed by atoms with van der Waals surface area (Å²) in [4.78, 5) is 28.4. The molecule has 3 rings (SSSR count). The van der Waals surface area contributed by atoms with E-state index in [0.717, 1.165) is 0 Å². The molecule has 1 aliphatic rings. The fourth-order valence-corrected chi connectivity index (χ4v) is 2.77. The number of hydrogen-bond acceptors (Lipinski definition) is 7. The molecule has 0 amide bonds. The second-order valence-corrected chi connectivity index (χ2v) is 6.43. The summed E-state index contributed by atoms with van der Waals surface area (Å²) in [7, 11) is 1.58. The van der Waals surface area contributed by atoms with Crippen LogP contribution in [-0.2, 0) is 14.3 Å². The molecule has 0 fully saturated rings. The van der Waals surface area contributed by atoms with Gasteiger partial charge < -0.3 is 18.9 Å². The maximum atomic E-state index is 12.3. The van der Waals surface area contributed by atoms with E-state index < -0.39 is 5.97 Å². The first kappa shape index (κ1) is 21.1. The summed E-state index contributed by atoms with van der Waals surface area (Å²) in [6.07, 6.45) is 2.62. The SMILES string of the molecule is CCCC(=O)Oc1ccc(C=C2N=C(c3ccc(OC)cc3)OC2=O)cc1OCC. The summed E-state index contributed by atoms with van der Waals surface area (Å²) in [5.41, 5.74) is 1.50. The average Bonchev–Trinajstić information content (AvgIpc) is 3.10. The van der Waals surface area contributed by atoms with Crippen molar-refractivity contribution in [1.82, 2.24) is 0 Å². The van der Waals surface area contributed by atoms with Gasteiger partial charge in [0.05, 0.1) is 13.7 Å². The first-order valence-corrected chi connectivity index (χ1v) is 9.68. The van der Waals surface area contributed by atoms with E-state index in [9.17, 15) is 9.59 Å². The highest BCUT2D eigenvalue weighted by Crippen LogP contribution is 2.30. The number of esters is 2. The summed E-state index contributed by atoms with van der Waals surface area (Å²) in [6.45, 7) is 4.14. The van der Waals surface area contributed by atoms with Crippen molar-refractivity contribution in [2.75, 3.05) is 13.7 Å². The van der Waals surface area contributed by atoms with Crippen LogP contribution in [0.1, 0.15) is 37.8 Å². The number of cyclic esters (lactones) is 1. The van der Waals surface area contributed by atoms with Gasteiger partial charge in [0.15, 0.2) is 17.2 Å². The fourth-order valence-electron chi connectivity index (χ4n) is 2.77. The number of rotatable bonds is 8. The third-order valence-corrected chi connectivity index (χ3v) is 4.21.